The second-order valence-electron chi connectivity index (χ2n) is 9.76. The molecule has 4 aromatic carbocycles. The van der Waals surface area contributed by atoms with Crippen LogP contribution in [0.4, 0.5) is 5.69 Å². The van der Waals surface area contributed by atoms with E-state index in [4.69, 9.17) is 0 Å². The van der Waals surface area contributed by atoms with Gasteiger partial charge < -0.3 is 0 Å². The van der Waals surface area contributed by atoms with E-state index in [9.17, 15) is 20.2 Å². The third-order valence-electron chi connectivity index (χ3n) is 7.50. The molecule has 0 aromatic heterocycles. The van der Waals surface area contributed by atoms with Crippen LogP contribution in [0, 0.1) is 27.2 Å². The number of benzene rings is 4. The molecule has 0 fully saturated rings. The van der Waals surface area contributed by atoms with Gasteiger partial charge in [-0.1, -0.05) is 97.1 Å². The lowest BCUT2D eigenvalue weighted by Gasteiger charge is -2.45. The maximum atomic E-state index is 12.0. The molecule has 1 unspecified atom stereocenters. The summed E-state index contributed by atoms with van der Waals surface area (Å²) in [5.74, 6) is -0.790. The number of nitro groups is 2. The molecule has 1 heterocycles. The van der Waals surface area contributed by atoms with Gasteiger partial charge in [-0.05, 0) is 45.2 Å². The number of rotatable bonds is 10. The molecule has 0 amide bonds. The molecule has 1 aliphatic heterocycles. The molecule has 10 heteroatoms. The van der Waals surface area contributed by atoms with Crippen molar-refractivity contribution in [3.63, 3.8) is 0 Å². The molecule has 0 spiro atoms. The van der Waals surface area contributed by atoms with Gasteiger partial charge in [0, 0.05) is 23.5 Å². The van der Waals surface area contributed by atoms with Crippen LogP contribution in [0.1, 0.15) is 40.2 Å². The summed E-state index contributed by atoms with van der Waals surface area (Å²) in [5, 5.41) is 40.9. The fraction of sp³-hybridized carbons (Fsp3) is 0.200. The summed E-state index contributed by atoms with van der Waals surface area (Å²) in [6.45, 7) is 1.30. The average molecular weight is 535 g/mol. The van der Waals surface area contributed by atoms with Crippen LogP contribution in [0.5, 0.6) is 0 Å². The van der Waals surface area contributed by atoms with Crippen LogP contribution in [0.2, 0.25) is 0 Å². The zero-order valence-corrected chi connectivity index (χ0v) is 21.7. The van der Waals surface area contributed by atoms with Gasteiger partial charge in [0.05, 0.1) is 16.3 Å². The van der Waals surface area contributed by atoms with Crippen molar-refractivity contribution in [1.29, 1.82) is 0 Å². The van der Waals surface area contributed by atoms with Gasteiger partial charge in [0.25, 0.3) is 5.69 Å². The highest BCUT2D eigenvalue weighted by atomic mass is 16.6. The summed E-state index contributed by atoms with van der Waals surface area (Å²) >= 11 is 0. The van der Waals surface area contributed by atoms with Crippen LogP contribution in [-0.4, -0.2) is 22.1 Å². The fourth-order valence-electron chi connectivity index (χ4n) is 5.83. The first-order chi connectivity index (χ1) is 19.4. The van der Waals surface area contributed by atoms with Gasteiger partial charge in [0.2, 0.25) is 12.2 Å². The van der Waals surface area contributed by atoms with Crippen molar-refractivity contribution < 1.29 is 9.85 Å². The molecule has 0 aliphatic carbocycles. The number of hydrogen-bond donors (Lipinski definition) is 0. The quantitative estimate of drug-likeness (QED) is 0.120. The SMILES string of the molecule is Cc1ccc([N+](=O)[O-])cc1C(C[N+](=O)[O-])CC1(C(c2ccccc2)(c2ccccc2)c2ccccc2)N=NN=N1. The number of aryl methyl sites for hydroxylation is 1. The van der Waals surface area contributed by atoms with E-state index < -0.39 is 33.4 Å². The molecule has 0 radical (unpaired) electrons. The molecule has 1 aliphatic rings. The van der Waals surface area contributed by atoms with Crippen molar-refractivity contribution in [1.82, 2.24) is 0 Å². The third-order valence-corrected chi connectivity index (χ3v) is 7.50. The van der Waals surface area contributed by atoms with Crippen LogP contribution in [0.3, 0.4) is 0 Å². The molecule has 1 atom stereocenters. The van der Waals surface area contributed by atoms with E-state index in [1.807, 2.05) is 91.0 Å². The number of nitrogens with zero attached hydrogens (tertiary/aromatic N) is 6. The lowest BCUT2D eigenvalue weighted by Crippen LogP contribution is -2.51. The molecule has 0 saturated heterocycles. The van der Waals surface area contributed by atoms with Gasteiger partial charge in [-0.15, -0.1) is 10.2 Å². The summed E-state index contributed by atoms with van der Waals surface area (Å²) in [4.78, 5) is 22.7. The third kappa shape index (κ3) is 4.64. The minimum atomic E-state index is -1.45. The van der Waals surface area contributed by atoms with E-state index in [-0.39, 0.29) is 12.1 Å². The first-order valence-electron chi connectivity index (χ1n) is 12.7. The predicted molar refractivity (Wildman–Crippen MR) is 149 cm³/mol. The molecule has 0 bridgehead atoms. The van der Waals surface area contributed by atoms with Crippen LogP contribution >= 0.6 is 0 Å². The lowest BCUT2D eigenvalue weighted by atomic mass is 9.59. The Kier molecular flexibility index (Phi) is 7.24. The summed E-state index contributed by atoms with van der Waals surface area (Å²) in [6.07, 6.45) is 0.0155. The molecular formula is C30H26N6O4. The predicted octanol–water partition coefficient (Wildman–Crippen LogP) is 7.22. The highest BCUT2D eigenvalue weighted by molar-refractivity contribution is 5.55. The maximum absolute atomic E-state index is 12.0. The van der Waals surface area contributed by atoms with Gasteiger partial charge in [0.15, 0.2) is 0 Å². The van der Waals surface area contributed by atoms with Crippen molar-refractivity contribution in [3.05, 3.63) is 157 Å². The average Bonchev–Trinajstić information content (AvgIpc) is 3.44. The Morgan fingerprint density at radius 1 is 0.750 bits per heavy atom. The standard InChI is InChI=1S/C30H26N6O4/c1-22-17-18-27(36(39)40)19-28(22)23(21-35(37)38)20-29(31-33-34-32-29)30(24-11-5-2-6-12-24,25-13-7-3-8-14-25)26-15-9-4-10-16-26/h2-19,23H,20-21H2,1H3. The van der Waals surface area contributed by atoms with Crippen LogP contribution in [0.15, 0.2) is 130 Å². The van der Waals surface area contributed by atoms with E-state index in [1.54, 1.807) is 13.0 Å². The molecule has 200 valence electrons. The van der Waals surface area contributed by atoms with E-state index in [1.165, 1.54) is 12.1 Å². The minimum absolute atomic E-state index is 0.0155. The summed E-state index contributed by atoms with van der Waals surface area (Å²) < 4.78 is 0. The van der Waals surface area contributed by atoms with Crippen LogP contribution in [0.25, 0.3) is 0 Å². The molecule has 4 aromatic rings. The first-order valence-corrected chi connectivity index (χ1v) is 12.7. The Morgan fingerprint density at radius 3 is 1.65 bits per heavy atom. The summed E-state index contributed by atoms with van der Waals surface area (Å²) in [5.41, 5.74) is 1.06. The number of hydrogen-bond acceptors (Lipinski definition) is 8. The summed E-state index contributed by atoms with van der Waals surface area (Å²) in [6, 6.07) is 33.6. The van der Waals surface area contributed by atoms with Gasteiger partial charge in [-0.25, -0.2) is 0 Å². The smallest absolute Gasteiger partial charge is 0.265 e. The Balaban J connectivity index is 1.82. The van der Waals surface area contributed by atoms with E-state index in [0.29, 0.717) is 11.1 Å². The fourth-order valence-corrected chi connectivity index (χ4v) is 5.83. The maximum Gasteiger partial charge on any atom is 0.269 e. The van der Waals surface area contributed by atoms with Crippen molar-refractivity contribution in [2.75, 3.05) is 6.54 Å². The molecule has 5 rings (SSSR count). The van der Waals surface area contributed by atoms with Gasteiger partial charge in [-0.3, -0.25) is 20.2 Å². The molecule has 0 saturated carbocycles. The normalized spacial score (nSPS) is 14.6. The molecule has 0 N–H and O–H groups in total. The second kappa shape index (κ2) is 10.9. The molecular weight excluding hydrogens is 508 g/mol. The highest BCUT2D eigenvalue weighted by Gasteiger charge is 2.59. The Bertz CT molecular complexity index is 1470. The van der Waals surface area contributed by atoms with Crippen molar-refractivity contribution in [3.8, 4) is 0 Å². The molecule has 40 heavy (non-hydrogen) atoms. The molecule has 10 nitrogen and oxygen atoms in total. The van der Waals surface area contributed by atoms with Gasteiger partial charge in [0.1, 0.15) is 0 Å². The summed E-state index contributed by atoms with van der Waals surface area (Å²) in [7, 11) is 0. The zero-order chi connectivity index (χ0) is 28.2. The second-order valence-corrected chi connectivity index (χ2v) is 9.76. The number of non-ortho nitro benzene ring substituents is 1. The van der Waals surface area contributed by atoms with E-state index >= 15 is 0 Å². The number of nitro benzene ring substituents is 1. The highest BCUT2D eigenvalue weighted by Crippen LogP contribution is 2.55. The van der Waals surface area contributed by atoms with Crippen molar-refractivity contribution >= 4 is 5.69 Å². The monoisotopic (exact) mass is 534 g/mol. The first kappa shape index (κ1) is 26.5. The van der Waals surface area contributed by atoms with Crippen LogP contribution in [-0.2, 0) is 5.41 Å². The topological polar surface area (TPSA) is 136 Å². The van der Waals surface area contributed by atoms with Crippen molar-refractivity contribution in [2.45, 2.75) is 30.3 Å². The van der Waals surface area contributed by atoms with Crippen molar-refractivity contribution in [2.24, 2.45) is 20.7 Å². The largest absolute Gasteiger partial charge is 0.269 e. The minimum Gasteiger partial charge on any atom is -0.265 e. The van der Waals surface area contributed by atoms with Crippen LogP contribution < -0.4 is 0 Å². The Hall–Kier alpha value is -5.12. The van der Waals surface area contributed by atoms with Gasteiger partial charge in [-0.2, -0.15) is 0 Å². The van der Waals surface area contributed by atoms with E-state index in [0.717, 1.165) is 16.7 Å². The van der Waals surface area contributed by atoms with E-state index in [2.05, 4.69) is 20.7 Å². The Morgan fingerprint density at radius 2 is 1.23 bits per heavy atom. The Labute approximate surface area is 230 Å². The zero-order valence-electron chi connectivity index (χ0n) is 21.7. The lowest BCUT2D eigenvalue weighted by molar-refractivity contribution is -0.484. The van der Waals surface area contributed by atoms with Gasteiger partial charge >= 0.3 is 0 Å².